The fourth-order valence-corrected chi connectivity index (χ4v) is 2.46. The van der Waals surface area contributed by atoms with Gasteiger partial charge in [0, 0.05) is 5.41 Å². The van der Waals surface area contributed by atoms with E-state index in [2.05, 4.69) is 73.5 Å². The van der Waals surface area contributed by atoms with Crippen LogP contribution in [0.5, 0.6) is 0 Å². The van der Waals surface area contributed by atoms with Gasteiger partial charge in [-0.05, 0) is 49.9 Å². The Morgan fingerprint density at radius 1 is 1.09 bits per heavy atom. The third-order valence-corrected chi connectivity index (χ3v) is 4.65. The number of nitrogens with zero attached hydrogens (tertiary/aromatic N) is 3. The number of benzene rings is 1. The van der Waals surface area contributed by atoms with Gasteiger partial charge in [0.05, 0.1) is 11.9 Å². The Kier molecular flexibility index (Phi) is 5.48. The lowest BCUT2D eigenvalue weighted by molar-refractivity contribution is 0.421. The molecule has 0 amide bonds. The van der Waals surface area contributed by atoms with Gasteiger partial charge < -0.3 is 0 Å². The first kappa shape index (κ1) is 17.1. The Morgan fingerprint density at radius 3 is 2.39 bits per heavy atom. The molecule has 0 radical (unpaired) electrons. The number of nitrogens with one attached hydrogen (secondary N) is 1. The zero-order valence-corrected chi connectivity index (χ0v) is 14.7. The molecule has 0 aliphatic heterocycles. The van der Waals surface area contributed by atoms with E-state index in [1.807, 2.05) is 18.3 Å². The Balaban J connectivity index is 2.05. The zero-order valence-electron chi connectivity index (χ0n) is 14.7. The molecule has 0 atom stereocenters. The van der Waals surface area contributed by atoms with Crippen molar-refractivity contribution < 1.29 is 0 Å². The van der Waals surface area contributed by atoms with Crippen LogP contribution < -0.4 is 5.43 Å². The molecule has 0 saturated carbocycles. The highest BCUT2D eigenvalue weighted by Gasteiger charge is 2.24. The van der Waals surface area contributed by atoms with Gasteiger partial charge in [-0.2, -0.15) is 10.2 Å². The van der Waals surface area contributed by atoms with Crippen LogP contribution in [0.1, 0.15) is 56.0 Å². The van der Waals surface area contributed by atoms with Crippen molar-refractivity contribution in [3.63, 3.8) is 0 Å². The molecule has 0 aliphatic carbocycles. The third kappa shape index (κ3) is 4.15. The largest absolute Gasteiger partial charge is 0.260 e. The minimum Gasteiger partial charge on any atom is -0.260 e. The molecule has 23 heavy (non-hydrogen) atoms. The summed E-state index contributed by atoms with van der Waals surface area (Å²) in [4.78, 5) is 0. The summed E-state index contributed by atoms with van der Waals surface area (Å²) in [7, 11) is 0. The maximum atomic E-state index is 4.36. The number of rotatable bonds is 6. The van der Waals surface area contributed by atoms with Gasteiger partial charge in [-0.25, -0.2) is 0 Å². The molecule has 2 rings (SSSR count). The van der Waals surface area contributed by atoms with Crippen molar-refractivity contribution in [1.29, 1.82) is 0 Å². The maximum absolute atomic E-state index is 4.36. The summed E-state index contributed by atoms with van der Waals surface area (Å²) in [6.07, 6.45) is 3.91. The van der Waals surface area contributed by atoms with Crippen LogP contribution in [0.15, 0.2) is 35.4 Å². The fraction of sp³-hybridized carbons (Fsp3) is 0.421. The summed E-state index contributed by atoms with van der Waals surface area (Å²) in [6.45, 7) is 10.8. The number of hydrogen-bond donors (Lipinski definition) is 1. The molecule has 122 valence electrons. The van der Waals surface area contributed by atoms with Gasteiger partial charge in [0.15, 0.2) is 5.82 Å². The molecule has 0 aliphatic rings. The van der Waals surface area contributed by atoms with E-state index in [4.69, 9.17) is 0 Å². The molecule has 1 aromatic heterocycles. The Morgan fingerprint density at radius 2 is 1.83 bits per heavy atom. The first-order valence-electron chi connectivity index (χ1n) is 8.19. The molecule has 0 bridgehead atoms. The average Bonchev–Trinajstić information content (AvgIpc) is 2.57. The summed E-state index contributed by atoms with van der Waals surface area (Å²) in [5.41, 5.74) is 7.63. The SMILES string of the molecule is CCC(C)(CC)c1ccc(NN=Cc2ccc(C)cc2C)nn1. The first-order chi connectivity index (χ1) is 11.0. The van der Waals surface area contributed by atoms with Crippen LogP contribution in [0.4, 0.5) is 5.82 Å². The monoisotopic (exact) mass is 310 g/mol. The lowest BCUT2D eigenvalue weighted by Crippen LogP contribution is -2.21. The molecular formula is C19H26N4. The summed E-state index contributed by atoms with van der Waals surface area (Å²) in [5, 5.41) is 12.9. The van der Waals surface area contributed by atoms with Crippen molar-refractivity contribution in [1.82, 2.24) is 10.2 Å². The van der Waals surface area contributed by atoms with E-state index < -0.39 is 0 Å². The second-order valence-corrected chi connectivity index (χ2v) is 6.30. The Bertz CT molecular complexity index is 670. The van der Waals surface area contributed by atoms with Crippen LogP contribution >= 0.6 is 0 Å². The highest BCUT2D eigenvalue weighted by molar-refractivity contribution is 5.82. The molecule has 0 saturated heterocycles. The van der Waals surface area contributed by atoms with Gasteiger partial charge in [0.2, 0.25) is 0 Å². The standard InChI is InChI=1S/C19H26N4/c1-6-19(5,7-2)17-10-11-18(23-21-17)22-20-13-16-9-8-14(3)12-15(16)4/h8-13H,6-7H2,1-5H3,(H,22,23). The predicted molar refractivity (Wildman–Crippen MR) is 97.1 cm³/mol. The molecule has 0 spiro atoms. The molecule has 0 fully saturated rings. The lowest BCUT2D eigenvalue weighted by atomic mass is 9.81. The predicted octanol–water partition coefficient (Wildman–Crippen LogP) is 4.62. The van der Waals surface area contributed by atoms with Gasteiger partial charge in [0.1, 0.15) is 0 Å². The average molecular weight is 310 g/mol. The van der Waals surface area contributed by atoms with Crippen LogP contribution in [-0.2, 0) is 5.41 Å². The minimum absolute atomic E-state index is 0.0911. The van der Waals surface area contributed by atoms with Crippen molar-refractivity contribution in [2.45, 2.75) is 52.9 Å². The quantitative estimate of drug-likeness (QED) is 0.626. The molecule has 1 N–H and O–H groups in total. The highest BCUT2D eigenvalue weighted by Crippen LogP contribution is 2.29. The van der Waals surface area contributed by atoms with Crippen molar-refractivity contribution >= 4 is 12.0 Å². The van der Waals surface area contributed by atoms with E-state index in [1.54, 1.807) is 0 Å². The van der Waals surface area contributed by atoms with E-state index in [1.165, 1.54) is 11.1 Å². The smallest absolute Gasteiger partial charge is 0.168 e. The fourth-order valence-electron chi connectivity index (χ4n) is 2.46. The topological polar surface area (TPSA) is 50.2 Å². The zero-order chi connectivity index (χ0) is 16.9. The molecule has 4 nitrogen and oxygen atoms in total. The highest BCUT2D eigenvalue weighted by atomic mass is 15.3. The van der Waals surface area contributed by atoms with Gasteiger partial charge in [-0.15, -0.1) is 5.10 Å². The summed E-state index contributed by atoms with van der Waals surface area (Å²) in [5.74, 6) is 0.657. The van der Waals surface area contributed by atoms with Gasteiger partial charge in [-0.3, -0.25) is 5.43 Å². The summed E-state index contributed by atoms with van der Waals surface area (Å²) >= 11 is 0. The van der Waals surface area contributed by atoms with Crippen LogP contribution in [-0.4, -0.2) is 16.4 Å². The van der Waals surface area contributed by atoms with Crippen LogP contribution in [0, 0.1) is 13.8 Å². The molecule has 2 aromatic rings. The van der Waals surface area contributed by atoms with Gasteiger partial charge >= 0.3 is 0 Å². The second kappa shape index (κ2) is 7.36. The number of aromatic nitrogens is 2. The summed E-state index contributed by atoms with van der Waals surface area (Å²) in [6, 6.07) is 10.3. The number of hydrazone groups is 1. The van der Waals surface area contributed by atoms with Gasteiger partial charge in [0.25, 0.3) is 0 Å². The number of anilines is 1. The van der Waals surface area contributed by atoms with Crippen LogP contribution in [0.2, 0.25) is 0 Å². The molecule has 1 aromatic carbocycles. The second-order valence-electron chi connectivity index (χ2n) is 6.30. The van der Waals surface area contributed by atoms with E-state index in [0.29, 0.717) is 5.82 Å². The van der Waals surface area contributed by atoms with Crippen molar-refractivity contribution in [3.8, 4) is 0 Å². The van der Waals surface area contributed by atoms with E-state index in [0.717, 1.165) is 24.1 Å². The third-order valence-electron chi connectivity index (χ3n) is 4.65. The first-order valence-corrected chi connectivity index (χ1v) is 8.19. The molecular weight excluding hydrogens is 284 g/mol. The van der Waals surface area contributed by atoms with Crippen molar-refractivity contribution in [3.05, 3.63) is 52.7 Å². The normalized spacial score (nSPS) is 11.9. The lowest BCUT2D eigenvalue weighted by Gasteiger charge is -2.25. The van der Waals surface area contributed by atoms with Crippen molar-refractivity contribution in [2.24, 2.45) is 5.10 Å². The van der Waals surface area contributed by atoms with Crippen LogP contribution in [0.25, 0.3) is 0 Å². The van der Waals surface area contributed by atoms with Gasteiger partial charge in [-0.1, -0.05) is 44.5 Å². The molecule has 0 unspecified atom stereocenters. The van der Waals surface area contributed by atoms with E-state index in [9.17, 15) is 0 Å². The molecule has 4 heteroatoms. The Labute approximate surface area is 139 Å². The minimum atomic E-state index is 0.0911. The molecule has 1 heterocycles. The van der Waals surface area contributed by atoms with E-state index in [-0.39, 0.29) is 5.41 Å². The number of hydrogen-bond acceptors (Lipinski definition) is 4. The summed E-state index contributed by atoms with van der Waals surface area (Å²) < 4.78 is 0. The van der Waals surface area contributed by atoms with E-state index >= 15 is 0 Å². The van der Waals surface area contributed by atoms with Crippen molar-refractivity contribution in [2.75, 3.05) is 5.43 Å². The maximum Gasteiger partial charge on any atom is 0.168 e. The Hall–Kier alpha value is -2.23. The van der Waals surface area contributed by atoms with Crippen LogP contribution in [0.3, 0.4) is 0 Å². The number of aryl methyl sites for hydroxylation is 2.